The first-order chi connectivity index (χ1) is 6.70. The molecule has 0 saturated heterocycles. The molecule has 0 unspecified atom stereocenters. The third-order valence-corrected chi connectivity index (χ3v) is 1.96. The molecule has 15 heavy (non-hydrogen) atoms. The summed E-state index contributed by atoms with van der Waals surface area (Å²) in [4.78, 5) is 0. The Morgan fingerprint density at radius 2 is 2.27 bits per heavy atom. The molecule has 0 aliphatic carbocycles. The number of aromatic hydroxyl groups is 1. The fourth-order valence-corrected chi connectivity index (χ4v) is 1.21. The second-order valence-electron chi connectivity index (χ2n) is 2.87. The maximum absolute atomic E-state index is 9.67. The molecule has 1 atom stereocenters. The number of nitrogens with two attached hydrogens (primary N) is 1. The monoisotopic (exact) mass is 228 g/mol. The normalized spacial score (nSPS) is 11.0. The highest BCUT2D eigenvalue weighted by molar-refractivity contribution is 5.85. The van der Waals surface area contributed by atoms with Gasteiger partial charge in [-0.2, -0.15) is 5.26 Å². The molecule has 5 heteroatoms. The van der Waals surface area contributed by atoms with Gasteiger partial charge in [-0.3, -0.25) is 0 Å². The fraction of sp³-hybridized carbons (Fsp3) is 0.300. The van der Waals surface area contributed by atoms with Crippen molar-refractivity contribution in [3.05, 3.63) is 23.8 Å². The van der Waals surface area contributed by atoms with Gasteiger partial charge in [0, 0.05) is 11.6 Å². The maximum atomic E-state index is 9.67. The molecule has 0 fully saturated rings. The van der Waals surface area contributed by atoms with Crippen molar-refractivity contribution >= 4 is 12.4 Å². The Balaban J connectivity index is 0.00000196. The van der Waals surface area contributed by atoms with Crippen LogP contribution >= 0.6 is 12.4 Å². The Labute approximate surface area is 94.7 Å². The Kier molecular flexibility index (Phi) is 5.53. The standard InChI is InChI=1S/C10H12N2O2.ClH/c1-14-9-4-2-3-7(10(9)13)8(12)5-6-11;/h2-4,8,13H,5,12H2,1H3;1H/t8-;/m0./s1. The summed E-state index contributed by atoms with van der Waals surface area (Å²) in [5, 5.41) is 18.1. The Bertz CT molecular complexity index is 363. The molecule has 0 radical (unpaired) electrons. The lowest BCUT2D eigenvalue weighted by atomic mass is 10.0. The van der Waals surface area contributed by atoms with E-state index < -0.39 is 6.04 Å². The molecule has 1 aromatic carbocycles. The van der Waals surface area contributed by atoms with E-state index in [4.69, 9.17) is 15.7 Å². The molecule has 3 N–H and O–H groups in total. The highest BCUT2D eigenvalue weighted by atomic mass is 35.5. The van der Waals surface area contributed by atoms with Crippen molar-refractivity contribution in [3.63, 3.8) is 0 Å². The third kappa shape index (κ3) is 3.01. The van der Waals surface area contributed by atoms with Gasteiger partial charge in [0.15, 0.2) is 11.5 Å². The van der Waals surface area contributed by atoms with Crippen LogP contribution in [0.4, 0.5) is 0 Å². The van der Waals surface area contributed by atoms with Crippen LogP contribution in [0, 0.1) is 11.3 Å². The number of rotatable bonds is 3. The van der Waals surface area contributed by atoms with Gasteiger partial charge in [-0.15, -0.1) is 12.4 Å². The second kappa shape index (κ2) is 6.12. The molecular weight excluding hydrogens is 216 g/mol. The van der Waals surface area contributed by atoms with Crippen LogP contribution < -0.4 is 10.5 Å². The van der Waals surface area contributed by atoms with Crippen LogP contribution in [0.3, 0.4) is 0 Å². The van der Waals surface area contributed by atoms with Gasteiger partial charge in [0.1, 0.15) is 0 Å². The number of hydrogen-bond donors (Lipinski definition) is 2. The summed E-state index contributed by atoms with van der Waals surface area (Å²) in [5.74, 6) is 0.383. The van der Waals surface area contributed by atoms with Gasteiger partial charge < -0.3 is 15.6 Å². The number of halogens is 1. The SMILES string of the molecule is COc1cccc([C@@H](N)CC#N)c1O.Cl. The zero-order valence-corrected chi connectivity index (χ0v) is 9.12. The first-order valence-corrected chi connectivity index (χ1v) is 4.19. The van der Waals surface area contributed by atoms with Crippen LogP contribution in [0.5, 0.6) is 11.5 Å². The molecule has 1 aromatic rings. The number of phenols is 1. The van der Waals surface area contributed by atoms with E-state index in [1.165, 1.54) is 7.11 Å². The van der Waals surface area contributed by atoms with Gasteiger partial charge in [0.2, 0.25) is 0 Å². The lowest BCUT2D eigenvalue weighted by Gasteiger charge is -2.12. The average Bonchev–Trinajstić information content (AvgIpc) is 2.18. The van der Waals surface area contributed by atoms with Crippen LogP contribution in [0.25, 0.3) is 0 Å². The van der Waals surface area contributed by atoms with E-state index in [2.05, 4.69) is 0 Å². The number of methoxy groups -OCH3 is 1. The smallest absolute Gasteiger partial charge is 0.162 e. The topological polar surface area (TPSA) is 79.3 Å². The molecule has 0 aliphatic heterocycles. The minimum absolute atomic E-state index is 0. The van der Waals surface area contributed by atoms with Gasteiger partial charge >= 0.3 is 0 Å². The number of ether oxygens (including phenoxy) is 1. The van der Waals surface area contributed by atoms with E-state index >= 15 is 0 Å². The number of benzene rings is 1. The van der Waals surface area contributed by atoms with Crippen LogP contribution in [0.2, 0.25) is 0 Å². The van der Waals surface area contributed by atoms with Crippen molar-refractivity contribution in [2.45, 2.75) is 12.5 Å². The van der Waals surface area contributed by atoms with Crippen molar-refractivity contribution in [1.29, 1.82) is 5.26 Å². The summed E-state index contributed by atoms with van der Waals surface area (Å²) in [6, 6.07) is 6.52. The summed E-state index contributed by atoms with van der Waals surface area (Å²) in [7, 11) is 1.47. The van der Waals surface area contributed by atoms with E-state index in [-0.39, 0.29) is 24.6 Å². The molecule has 0 saturated carbocycles. The molecule has 1 rings (SSSR count). The lowest BCUT2D eigenvalue weighted by Crippen LogP contribution is -2.09. The molecule has 0 amide bonds. The van der Waals surface area contributed by atoms with Gasteiger partial charge in [0.25, 0.3) is 0 Å². The van der Waals surface area contributed by atoms with E-state index in [0.29, 0.717) is 11.3 Å². The van der Waals surface area contributed by atoms with E-state index in [0.717, 1.165) is 0 Å². The predicted molar refractivity (Wildman–Crippen MR) is 59.1 cm³/mol. The van der Waals surface area contributed by atoms with Crippen molar-refractivity contribution in [2.75, 3.05) is 7.11 Å². The predicted octanol–water partition coefficient (Wildman–Crippen LogP) is 1.74. The first-order valence-electron chi connectivity index (χ1n) is 4.19. The summed E-state index contributed by atoms with van der Waals surface area (Å²) in [6.45, 7) is 0. The zero-order valence-electron chi connectivity index (χ0n) is 8.30. The summed E-state index contributed by atoms with van der Waals surface area (Å²) >= 11 is 0. The van der Waals surface area contributed by atoms with E-state index in [1.54, 1.807) is 18.2 Å². The van der Waals surface area contributed by atoms with Gasteiger partial charge in [-0.05, 0) is 6.07 Å². The number of nitriles is 1. The van der Waals surface area contributed by atoms with E-state index in [9.17, 15) is 5.11 Å². The molecule has 0 aliphatic rings. The molecule has 82 valence electrons. The van der Waals surface area contributed by atoms with Gasteiger partial charge in [-0.25, -0.2) is 0 Å². The Morgan fingerprint density at radius 1 is 1.60 bits per heavy atom. The molecular formula is C10H13ClN2O2. The van der Waals surface area contributed by atoms with Crippen molar-refractivity contribution in [2.24, 2.45) is 5.73 Å². The quantitative estimate of drug-likeness (QED) is 0.826. The molecule has 0 aromatic heterocycles. The van der Waals surface area contributed by atoms with Crippen molar-refractivity contribution in [3.8, 4) is 17.6 Å². The summed E-state index contributed by atoms with van der Waals surface area (Å²) in [5.41, 5.74) is 6.23. The number of phenolic OH excluding ortho intramolecular Hbond substituents is 1. The number of nitrogens with zero attached hydrogens (tertiary/aromatic N) is 1. The minimum atomic E-state index is -0.477. The number of hydrogen-bond acceptors (Lipinski definition) is 4. The third-order valence-electron chi connectivity index (χ3n) is 1.96. The van der Waals surface area contributed by atoms with Crippen LogP contribution in [0.1, 0.15) is 18.0 Å². The van der Waals surface area contributed by atoms with Gasteiger partial charge in [-0.1, -0.05) is 12.1 Å². The lowest BCUT2D eigenvalue weighted by molar-refractivity contribution is 0.368. The Morgan fingerprint density at radius 3 is 2.80 bits per heavy atom. The van der Waals surface area contributed by atoms with Crippen molar-refractivity contribution in [1.82, 2.24) is 0 Å². The first kappa shape index (κ1) is 13.6. The summed E-state index contributed by atoms with van der Waals surface area (Å²) < 4.78 is 4.93. The highest BCUT2D eigenvalue weighted by Gasteiger charge is 2.13. The van der Waals surface area contributed by atoms with Gasteiger partial charge in [0.05, 0.1) is 19.6 Å². The number of para-hydroxylation sites is 1. The molecule has 0 heterocycles. The molecule has 4 nitrogen and oxygen atoms in total. The van der Waals surface area contributed by atoms with Crippen LogP contribution in [0.15, 0.2) is 18.2 Å². The van der Waals surface area contributed by atoms with Crippen LogP contribution in [-0.4, -0.2) is 12.2 Å². The maximum Gasteiger partial charge on any atom is 0.162 e. The minimum Gasteiger partial charge on any atom is -0.504 e. The van der Waals surface area contributed by atoms with Crippen LogP contribution in [-0.2, 0) is 0 Å². The Hall–Kier alpha value is -1.44. The largest absolute Gasteiger partial charge is 0.504 e. The average molecular weight is 229 g/mol. The zero-order chi connectivity index (χ0) is 10.6. The summed E-state index contributed by atoms with van der Waals surface area (Å²) in [6.07, 6.45) is 0.167. The highest BCUT2D eigenvalue weighted by Crippen LogP contribution is 2.33. The van der Waals surface area contributed by atoms with E-state index in [1.807, 2.05) is 6.07 Å². The van der Waals surface area contributed by atoms with Crippen molar-refractivity contribution < 1.29 is 9.84 Å². The molecule has 0 bridgehead atoms. The second-order valence-corrected chi connectivity index (χ2v) is 2.87. The fourth-order valence-electron chi connectivity index (χ4n) is 1.21. The molecule has 0 spiro atoms.